The fourth-order valence-electron chi connectivity index (χ4n) is 3.00. The summed E-state index contributed by atoms with van der Waals surface area (Å²) in [5, 5.41) is 5.26. The number of nitrogens with two attached hydrogens (primary N) is 1. The molecule has 0 heterocycles. The van der Waals surface area contributed by atoms with Crippen molar-refractivity contribution in [2.75, 3.05) is 12.4 Å². The Hall–Kier alpha value is -1.07. The molecule has 0 aliphatic heterocycles. The van der Waals surface area contributed by atoms with Gasteiger partial charge < -0.3 is 4.74 Å². The van der Waals surface area contributed by atoms with E-state index in [1.54, 1.807) is 0 Å². The van der Waals surface area contributed by atoms with Gasteiger partial charge in [0.25, 0.3) is 0 Å². The molecule has 2 rings (SSSR count). The maximum atomic E-state index is 11.5. The highest BCUT2D eigenvalue weighted by atomic mass is 32.2. The zero-order valence-corrected chi connectivity index (χ0v) is 12.8. The van der Waals surface area contributed by atoms with E-state index in [-0.39, 0.29) is 11.2 Å². The van der Waals surface area contributed by atoms with E-state index in [1.165, 1.54) is 0 Å². The molecule has 1 saturated carbocycles. The second-order valence-electron chi connectivity index (χ2n) is 5.97. The lowest BCUT2D eigenvalue weighted by atomic mass is 9.76. The SMILES string of the molecule is Cc1cccc(OCC2(CS(N)(=O)=O)CCCCC2)c1. The molecule has 4 nitrogen and oxygen atoms in total. The van der Waals surface area contributed by atoms with Crippen LogP contribution in [0.1, 0.15) is 37.7 Å². The standard InChI is InChI=1S/C15H23NO3S/c1-13-6-5-7-14(10-13)19-11-15(12-20(16,17)18)8-3-2-4-9-15/h5-7,10H,2-4,8-9,11-12H2,1H3,(H2,16,17,18). The van der Waals surface area contributed by atoms with Crippen molar-refractivity contribution in [1.82, 2.24) is 0 Å². The molecule has 2 N–H and O–H groups in total. The van der Waals surface area contributed by atoms with E-state index >= 15 is 0 Å². The molecule has 1 aliphatic rings. The molecule has 1 aliphatic carbocycles. The normalized spacial score (nSPS) is 18.7. The Morgan fingerprint density at radius 3 is 2.55 bits per heavy atom. The number of ether oxygens (including phenoxy) is 1. The number of hydrogen-bond donors (Lipinski definition) is 1. The van der Waals surface area contributed by atoms with Crippen LogP contribution in [0.3, 0.4) is 0 Å². The lowest BCUT2D eigenvalue weighted by molar-refractivity contribution is 0.118. The second-order valence-corrected chi connectivity index (χ2v) is 7.59. The number of aryl methyl sites for hydroxylation is 1. The first kappa shape index (κ1) is 15.3. The molecule has 1 fully saturated rings. The first-order chi connectivity index (χ1) is 9.39. The van der Waals surface area contributed by atoms with Crippen LogP contribution in [0.25, 0.3) is 0 Å². The zero-order valence-electron chi connectivity index (χ0n) is 12.0. The second kappa shape index (κ2) is 6.14. The molecule has 0 atom stereocenters. The maximum absolute atomic E-state index is 11.5. The molecule has 0 unspecified atom stereocenters. The molecular weight excluding hydrogens is 274 g/mol. The molecule has 0 amide bonds. The predicted molar refractivity (Wildman–Crippen MR) is 80.2 cm³/mol. The Balaban J connectivity index is 2.08. The van der Waals surface area contributed by atoms with Crippen LogP contribution >= 0.6 is 0 Å². The van der Waals surface area contributed by atoms with Crippen molar-refractivity contribution in [3.05, 3.63) is 29.8 Å². The fourth-order valence-corrected chi connectivity index (χ4v) is 4.23. The molecular formula is C15H23NO3S. The van der Waals surface area contributed by atoms with Crippen LogP contribution in [0, 0.1) is 12.3 Å². The lowest BCUT2D eigenvalue weighted by Gasteiger charge is -2.36. The van der Waals surface area contributed by atoms with E-state index < -0.39 is 10.0 Å². The van der Waals surface area contributed by atoms with Gasteiger partial charge in [-0.2, -0.15) is 0 Å². The molecule has 0 saturated heterocycles. The number of primary sulfonamides is 1. The van der Waals surface area contributed by atoms with E-state index in [9.17, 15) is 8.42 Å². The highest BCUT2D eigenvalue weighted by molar-refractivity contribution is 7.89. The van der Waals surface area contributed by atoms with Crippen LogP contribution in [0.5, 0.6) is 5.75 Å². The summed E-state index contributed by atoms with van der Waals surface area (Å²) >= 11 is 0. The Kier molecular flexibility index (Phi) is 4.70. The first-order valence-corrected chi connectivity index (χ1v) is 8.80. The van der Waals surface area contributed by atoms with Gasteiger partial charge in [0.2, 0.25) is 10.0 Å². The summed E-state index contributed by atoms with van der Waals surface area (Å²) in [4.78, 5) is 0. The molecule has 0 radical (unpaired) electrons. The van der Waals surface area contributed by atoms with E-state index in [0.717, 1.165) is 43.4 Å². The van der Waals surface area contributed by atoms with Gasteiger partial charge in [-0.3, -0.25) is 0 Å². The van der Waals surface area contributed by atoms with Crippen molar-refractivity contribution < 1.29 is 13.2 Å². The molecule has 112 valence electrons. The Morgan fingerprint density at radius 1 is 1.25 bits per heavy atom. The van der Waals surface area contributed by atoms with Gasteiger partial charge in [0.1, 0.15) is 5.75 Å². The van der Waals surface area contributed by atoms with Gasteiger partial charge >= 0.3 is 0 Å². The quantitative estimate of drug-likeness (QED) is 0.908. The predicted octanol–water partition coefficient (Wildman–Crippen LogP) is 2.61. The van der Waals surface area contributed by atoms with E-state index in [2.05, 4.69) is 0 Å². The lowest BCUT2D eigenvalue weighted by Crippen LogP contribution is -2.40. The van der Waals surface area contributed by atoms with Crippen molar-refractivity contribution in [2.24, 2.45) is 10.6 Å². The Morgan fingerprint density at radius 2 is 1.95 bits per heavy atom. The maximum Gasteiger partial charge on any atom is 0.209 e. The third-order valence-corrected chi connectivity index (χ3v) is 4.97. The number of sulfonamides is 1. The van der Waals surface area contributed by atoms with Gasteiger partial charge in [-0.05, 0) is 37.5 Å². The van der Waals surface area contributed by atoms with Crippen LogP contribution in [0.15, 0.2) is 24.3 Å². The van der Waals surface area contributed by atoms with Gasteiger partial charge in [0, 0.05) is 5.41 Å². The third kappa shape index (κ3) is 4.49. The summed E-state index contributed by atoms with van der Waals surface area (Å²) in [6, 6.07) is 7.82. The zero-order chi connectivity index (χ0) is 14.6. The summed E-state index contributed by atoms with van der Waals surface area (Å²) in [5.41, 5.74) is 0.807. The summed E-state index contributed by atoms with van der Waals surface area (Å²) in [6.07, 6.45) is 5.00. The van der Waals surface area contributed by atoms with Gasteiger partial charge in [0.05, 0.1) is 12.4 Å². The Bertz CT molecular complexity index is 548. The third-order valence-electron chi connectivity index (χ3n) is 3.96. The highest BCUT2D eigenvalue weighted by Gasteiger charge is 2.36. The minimum Gasteiger partial charge on any atom is -0.493 e. The largest absolute Gasteiger partial charge is 0.493 e. The van der Waals surface area contributed by atoms with Gasteiger partial charge in [-0.15, -0.1) is 0 Å². The van der Waals surface area contributed by atoms with Gasteiger partial charge in [-0.25, -0.2) is 13.6 Å². The van der Waals surface area contributed by atoms with Crippen molar-refractivity contribution in [3.8, 4) is 5.75 Å². The molecule has 0 aromatic heterocycles. The molecule has 1 aromatic rings. The average Bonchev–Trinajstić information content (AvgIpc) is 2.36. The van der Waals surface area contributed by atoms with E-state index in [0.29, 0.717) is 6.61 Å². The van der Waals surface area contributed by atoms with Crippen molar-refractivity contribution in [3.63, 3.8) is 0 Å². The summed E-state index contributed by atoms with van der Waals surface area (Å²) in [7, 11) is -3.47. The monoisotopic (exact) mass is 297 g/mol. The molecule has 20 heavy (non-hydrogen) atoms. The van der Waals surface area contributed by atoms with E-state index in [1.807, 2.05) is 31.2 Å². The smallest absolute Gasteiger partial charge is 0.209 e. The van der Waals surface area contributed by atoms with Crippen LogP contribution in [-0.2, 0) is 10.0 Å². The molecule has 1 aromatic carbocycles. The summed E-state index contributed by atoms with van der Waals surface area (Å²) < 4.78 is 28.8. The molecule has 0 spiro atoms. The van der Waals surface area contributed by atoms with Gasteiger partial charge in [-0.1, -0.05) is 31.4 Å². The van der Waals surface area contributed by atoms with Crippen LogP contribution in [0.4, 0.5) is 0 Å². The summed E-state index contributed by atoms with van der Waals surface area (Å²) in [5.74, 6) is 0.815. The first-order valence-electron chi connectivity index (χ1n) is 7.09. The summed E-state index contributed by atoms with van der Waals surface area (Å²) in [6.45, 7) is 2.43. The molecule has 0 bridgehead atoms. The number of hydrogen-bond acceptors (Lipinski definition) is 3. The highest BCUT2D eigenvalue weighted by Crippen LogP contribution is 2.37. The van der Waals surface area contributed by atoms with Crippen molar-refractivity contribution in [1.29, 1.82) is 0 Å². The van der Waals surface area contributed by atoms with Crippen LogP contribution in [-0.4, -0.2) is 20.8 Å². The van der Waals surface area contributed by atoms with Gasteiger partial charge in [0.15, 0.2) is 0 Å². The number of benzene rings is 1. The van der Waals surface area contributed by atoms with Crippen molar-refractivity contribution in [2.45, 2.75) is 39.0 Å². The average molecular weight is 297 g/mol. The minimum absolute atomic E-state index is 0.0197. The van der Waals surface area contributed by atoms with Crippen LogP contribution in [0.2, 0.25) is 0 Å². The molecule has 5 heteroatoms. The Labute approximate surface area is 121 Å². The van der Waals surface area contributed by atoms with Crippen molar-refractivity contribution >= 4 is 10.0 Å². The number of rotatable bonds is 5. The van der Waals surface area contributed by atoms with E-state index in [4.69, 9.17) is 9.88 Å². The topological polar surface area (TPSA) is 69.4 Å². The fraction of sp³-hybridized carbons (Fsp3) is 0.600. The van der Waals surface area contributed by atoms with Crippen LogP contribution < -0.4 is 9.88 Å². The minimum atomic E-state index is -3.47.